The van der Waals surface area contributed by atoms with Crippen LogP contribution in [0.15, 0.2) is 167 Å². The second kappa shape index (κ2) is 34.7. The van der Waals surface area contributed by atoms with Crippen molar-refractivity contribution in [2.75, 3.05) is 0 Å². The first-order chi connectivity index (χ1) is 64.2. The van der Waals surface area contributed by atoms with Gasteiger partial charge in [-0.05, 0) is 345 Å². The average molecular weight is 2090 g/mol. The molecule has 6 aromatic carbocycles. The molecule has 4 N–H and O–H groups in total. The third-order valence-electron chi connectivity index (χ3n) is 30.2. The van der Waals surface area contributed by atoms with Gasteiger partial charge in [0.15, 0.2) is 0 Å². The second-order valence-corrected chi connectivity index (χ2v) is 47.4. The van der Waals surface area contributed by atoms with Crippen LogP contribution in [0.1, 0.15) is 222 Å². The van der Waals surface area contributed by atoms with Gasteiger partial charge in [-0.2, -0.15) is 0 Å². The van der Waals surface area contributed by atoms with Crippen LogP contribution in [-0.4, -0.2) is 141 Å². The zero-order valence-corrected chi connectivity index (χ0v) is 89.7. The number of aliphatic imine (C=N–C) groups is 2. The smallest absolute Gasteiger partial charge is 0.399 e. The van der Waals surface area contributed by atoms with Crippen molar-refractivity contribution in [2.24, 2.45) is 9.98 Å². The minimum Gasteiger partial charge on any atom is -0.399 e. The third-order valence-corrected chi connectivity index (χ3v) is 33.8. The van der Waals surface area contributed by atoms with Crippen LogP contribution in [0.3, 0.4) is 0 Å². The summed E-state index contributed by atoms with van der Waals surface area (Å²) in [6, 6.07) is 36.9. The van der Waals surface area contributed by atoms with Crippen molar-refractivity contribution in [3.05, 3.63) is 295 Å². The van der Waals surface area contributed by atoms with Gasteiger partial charge in [0.25, 0.3) is 0 Å². The van der Waals surface area contributed by atoms with E-state index >= 15 is 0 Å². The number of benzene rings is 6. The Bertz CT molecular complexity index is 6720. The van der Waals surface area contributed by atoms with Crippen molar-refractivity contribution >= 4 is 260 Å². The number of aromatic nitrogens is 4. The molecule has 6 saturated heterocycles. The lowest BCUT2D eigenvalue weighted by molar-refractivity contribution is 0.00578. The Kier molecular flexibility index (Phi) is 25.2. The third kappa shape index (κ3) is 17.1. The molecule has 36 heteroatoms. The SMILES string of the molecule is CC1(C)OB(c2cc(Cl)c(C3=C4C=CC(=N4)C(c4c(Cl)cc(B5OC(C)(C)C(C)(C)O5)cc4Cl)=c4ccc([nH]4)=C(c4c(Cl)cc(B5OC(C)(C)C(C)(C)O5)cc4Cl)c4ccc([nH]4)C(c4c(Cl)cc(B5OC(C)(C)C(C)(C)O5)cc4Cl)=C4C=CC(=N4)C(c4c(Cl)cc(B5OC(C)(C)C(C)(C)O5)cc4Cl)=c4ccc([nH]4)=C(c4c(Cl)cc(B5OC(C)(C)C(C)(C)O5)cc4Cl)c4ccc3[nH]4)c(Cl)c2)OC1(C)C. The highest BCUT2D eigenvalue weighted by Crippen LogP contribution is 2.50. The van der Waals surface area contributed by atoms with Gasteiger partial charge >= 0.3 is 42.7 Å². The Balaban J connectivity index is 0.937. The summed E-state index contributed by atoms with van der Waals surface area (Å²) < 4.78 is 80.1. The molecule has 6 fully saturated rings. The molecule has 12 bridgehead atoms. The van der Waals surface area contributed by atoms with Gasteiger partial charge in [0.05, 0.1) is 90.0 Å². The van der Waals surface area contributed by atoms with Crippen molar-refractivity contribution in [3.63, 3.8) is 0 Å². The largest absolute Gasteiger partial charge is 0.494 e. The fourth-order valence-electron chi connectivity index (χ4n) is 18.1. The Labute approximate surface area is 866 Å². The van der Waals surface area contributed by atoms with E-state index in [0.717, 1.165) is 0 Å². The minimum atomic E-state index is -0.868. The summed E-state index contributed by atoms with van der Waals surface area (Å²) in [4.78, 5) is 26.9. The highest BCUT2D eigenvalue weighted by atomic mass is 35.5. The standard InChI is InChI=1S/C102H100B6Cl12N6O12/c1-91(2)92(3,4)128-103(127-91)49-37-55(109)79(56(110)38-49)85-67-25-27-69(121-67)86(80-57(111)39-50(40-58(80)112)104-129-93(5,6)94(7,8)130-104)71-29-31-73(123-71)88(82-61(115)43-52(44-62(82)116)106-133-97(13,14)98(15,16)134-106)75-33-35-77(125-75)90(84-65(119)47-54(48-66(84)120)108-137-101(21,22)102(23,24)138-108)78-36-34-76(126-78)89(83-63(117)45-53(46-64(83)118)107-135-99(17,18)100(19,20)136-107)74-32-30-72(124-74)87(70-28-26-68(85)122-70)81-59(113)41-51(42-60(81)114)105-131-95(9,10)96(11,12)132-105/h25-48,121-122,125-126H,1-24H3. The number of aromatic amines is 4. The van der Waals surface area contributed by atoms with Gasteiger partial charge in [-0.3, -0.25) is 0 Å². The monoisotopic (exact) mass is 2090 g/mol. The lowest BCUT2D eigenvalue weighted by Gasteiger charge is -2.32. The molecule has 0 spiro atoms. The molecule has 0 amide bonds. The molecule has 0 unspecified atom stereocenters. The second-order valence-electron chi connectivity index (χ2n) is 42.5. The number of hydrogen-bond acceptors (Lipinski definition) is 14. The van der Waals surface area contributed by atoms with Crippen LogP contribution in [0.2, 0.25) is 60.3 Å². The first kappa shape index (κ1) is 100. The van der Waals surface area contributed by atoms with E-state index in [9.17, 15) is 0 Å². The Morgan fingerprint density at radius 2 is 0.348 bits per heavy atom. The molecule has 4 aromatic heterocycles. The molecule has 9 aliphatic heterocycles. The molecule has 9 aliphatic rings. The Hall–Kier alpha value is -6.39. The van der Waals surface area contributed by atoms with Gasteiger partial charge in [-0.15, -0.1) is 0 Å². The summed E-state index contributed by atoms with van der Waals surface area (Å²) in [6.45, 7) is 47.5. The van der Waals surface area contributed by atoms with Crippen LogP contribution in [-0.2, 0) is 55.9 Å². The van der Waals surface area contributed by atoms with Crippen LogP contribution in [0.5, 0.6) is 0 Å². The molecule has 10 aromatic rings. The number of allylic oxidation sites excluding steroid dienone is 4. The van der Waals surface area contributed by atoms with Gasteiger partial charge in [-0.1, -0.05) is 139 Å². The van der Waals surface area contributed by atoms with E-state index in [-0.39, 0.29) is 60.3 Å². The van der Waals surface area contributed by atoms with E-state index in [1.807, 2.05) is 239 Å². The molecule has 0 aliphatic carbocycles. The summed E-state index contributed by atoms with van der Waals surface area (Å²) in [5.74, 6) is 0. The maximum atomic E-state index is 7.92. The highest BCUT2D eigenvalue weighted by molar-refractivity contribution is 6.67. The number of H-pyrrole nitrogens is 4. The maximum absolute atomic E-state index is 7.92. The van der Waals surface area contributed by atoms with E-state index < -0.39 is 110 Å². The molecule has 138 heavy (non-hydrogen) atoms. The summed E-state index contributed by atoms with van der Waals surface area (Å²) in [7, 11) is -5.20. The number of nitrogens with zero attached hydrogens (tertiary/aromatic N) is 2. The van der Waals surface area contributed by atoms with Gasteiger partial charge in [0.2, 0.25) is 0 Å². The fraction of sp³-hybridized carbons (Fsp3) is 0.353. The quantitative estimate of drug-likeness (QED) is 0.0846. The normalized spacial score (nSPS) is 21.7. The van der Waals surface area contributed by atoms with Crippen LogP contribution >= 0.6 is 139 Å². The molecule has 712 valence electrons. The van der Waals surface area contributed by atoms with Gasteiger partial charge in [0.1, 0.15) is 0 Å². The molecular weight excluding hydrogens is 1990 g/mol. The van der Waals surface area contributed by atoms with E-state index in [4.69, 9.17) is 205 Å². The van der Waals surface area contributed by atoms with Crippen molar-refractivity contribution in [1.82, 2.24) is 19.9 Å². The molecule has 18 nitrogen and oxygen atoms in total. The van der Waals surface area contributed by atoms with Crippen LogP contribution in [0.25, 0.3) is 33.4 Å². The van der Waals surface area contributed by atoms with Crippen molar-refractivity contribution in [2.45, 2.75) is 233 Å². The number of fused-ring (bicyclic) bond motifs is 10. The van der Waals surface area contributed by atoms with E-state index in [0.29, 0.717) is 167 Å². The van der Waals surface area contributed by atoms with E-state index in [1.54, 1.807) is 72.8 Å². The zero-order valence-electron chi connectivity index (χ0n) is 80.6. The number of rotatable bonds is 12. The van der Waals surface area contributed by atoms with Gasteiger partial charge < -0.3 is 75.8 Å². The molecule has 19 rings (SSSR count). The number of halogens is 12. The van der Waals surface area contributed by atoms with Gasteiger partial charge in [-0.25, -0.2) is 9.98 Å². The Morgan fingerprint density at radius 1 is 0.196 bits per heavy atom. The van der Waals surface area contributed by atoms with Crippen molar-refractivity contribution < 1.29 is 55.9 Å². The Morgan fingerprint density at radius 3 is 0.529 bits per heavy atom. The predicted molar refractivity (Wildman–Crippen MR) is 568 cm³/mol. The topological polar surface area (TPSA) is 199 Å². The minimum absolute atomic E-state index is 0.221. The average Bonchev–Trinajstić information content (AvgIpc) is 1.53. The van der Waals surface area contributed by atoms with Crippen molar-refractivity contribution in [3.8, 4) is 0 Å². The lowest BCUT2D eigenvalue weighted by atomic mass is 9.78. The summed E-state index contributed by atoms with van der Waals surface area (Å²) in [6.07, 6.45) is 7.52. The zero-order chi connectivity index (χ0) is 99.4. The van der Waals surface area contributed by atoms with E-state index in [1.165, 1.54) is 0 Å². The predicted octanol–water partition coefficient (Wildman–Crippen LogP) is 20.8. The molecule has 0 saturated carbocycles. The maximum Gasteiger partial charge on any atom is 0.494 e. The van der Waals surface area contributed by atoms with Gasteiger partial charge in [0, 0.05) is 171 Å². The molecule has 0 atom stereocenters. The summed E-state index contributed by atoms with van der Waals surface area (Å²) in [5.41, 5.74) is 3.04. The highest BCUT2D eigenvalue weighted by Gasteiger charge is 2.58. The molecule has 0 radical (unpaired) electrons. The first-order valence-corrected chi connectivity index (χ1v) is 50.1. The molecular formula is C102H100B6Cl12N6O12. The van der Waals surface area contributed by atoms with Crippen LogP contribution in [0.4, 0.5) is 0 Å². The van der Waals surface area contributed by atoms with Crippen LogP contribution in [0, 0.1) is 0 Å². The van der Waals surface area contributed by atoms with Crippen molar-refractivity contribution in [1.29, 1.82) is 0 Å². The number of hydrogen-bond donors (Lipinski definition) is 4. The molecule has 13 heterocycles. The summed E-state index contributed by atoms with van der Waals surface area (Å²) in [5, 5.41) is 4.58. The first-order valence-electron chi connectivity index (χ1n) is 45.6. The fourth-order valence-corrected chi connectivity index (χ4v) is 22.3. The van der Waals surface area contributed by atoms with E-state index in [2.05, 4.69) is 19.9 Å². The number of nitrogens with one attached hydrogen (secondary N) is 4. The van der Waals surface area contributed by atoms with Crippen LogP contribution < -0.4 is 54.2 Å². The lowest BCUT2D eigenvalue weighted by Crippen LogP contribution is -2.41. The summed E-state index contributed by atoms with van der Waals surface area (Å²) >= 11 is 94.9.